The lowest BCUT2D eigenvalue weighted by atomic mass is 10.1. The average Bonchev–Trinajstić information content (AvgIpc) is 3.36. The Kier molecular flexibility index (Phi) is 5.65. The van der Waals surface area contributed by atoms with Gasteiger partial charge in [0, 0.05) is 55.5 Å². The first-order valence-corrected chi connectivity index (χ1v) is 10.7. The summed E-state index contributed by atoms with van der Waals surface area (Å²) in [4.78, 5) is 22.9. The second kappa shape index (κ2) is 8.35. The third kappa shape index (κ3) is 4.18. The fourth-order valence-electron chi connectivity index (χ4n) is 4.06. The molecule has 2 aliphatic heterocycles. The van der Waals surface area contributed by atoms with Crippen molar-refractivity contribution in [2.45, 2.75) is 19.4 Å². The number of hydrogen-bond donors (Lipinski definition) is 1. The van der Waals surface area contributed by atoms with Crippen LogP contribution in [0.2, 0.25) is 0 Å². The Bertz CT molecular complexity index is 898. The number of primary amides is 1. The number of nitriles is 1. The largest absolute Gasteiger partial charge is 0.369 e. The van der Waals surface area contributed by atoms with E-state index in [1.807, 2.05) is 17.0 Å². The summed E-state index contributed by atoms with van der Waals surface area (Å²) in [6.07, 6.45) is 0.764. The Morgan fingerprint density at radius 3 is 2.66 bits per heavy atom. The zero-order valence-corrected chi connectivity index (χ0v) is 17.3. The lowest BCUT2D eigenvalue weighted by Crippen LogP contribution is -2.46. The molecule has 2 aliphatic rings. The maximum atomic E-state index is 11.8. The van der Waals surface area contributed by atoms with Crippen LogP contribution in [-0.4, -0.2) is 65.5 Å². The molecule has 2 saturated heterocycles. The molecule has 9 heteroatoms. The Hall–Kier alpha value is -2.70. The maximum Gasteiger partial charge on any atom is 0.240 e. The summed E-state index contributed by atoms with van der Waals surface area (Å²) in [5.41, 5.74) is 7.70. The van der Waals surface area contributed by atoms with E-state index in [0.717, 1.165) is 49.8 Å². The third-order valence-electron chi connectivity index (χ3n) is 5.66. The topological polar surface area (TPSA) is 102 Å². The van der Waals surface area contributed by atoms with E-state index in [0.29, 0.717) is 18.3 Å². The van der Waals surface area contributed by atoms with Gasteiger partial charge in [-0.25, -0.2) is 0 Å². The van der Waals surface area contributed by atoms with Gasteiger partial charge < -0.3 is 15.5 Å². The number of hydrogen-bond acceptors (Lipinski definition) is 8. The van der Waals surface area contributed by atoms with Crippen molar-refractivity contribution in [1.82, 2.24) is 14.3 Å². The molecule has 8 nitrogen and oxygen atoms in total. The molecule has 0 aliphatic carbocycles. The monoisotopic (exact) mass is 411 g/mol. The van der Waals surface area contributed by atoms with Crippen molar-refractivity contribution in [3.63, 3.8) is 0 Å². The first-order valence-electron chi connectivity index (χ1n) is 9.89. The number of amides is 1. The number of anilines is 2. The lowest BCUT2D eigenvalue weighted by molar-refractivity contribution is -0.119. The highest BCUT2D eigenvalue weighted by atomic mass is 32.1. The Morgan fingerprint density at radius 2 is 2.00 bits per heavy atom. The molecule has 1 amide bonds. The van der Waals surface area contributed by atoms with Crippen molar-refractivity contribution in [3.05, 3.63) is 24.3 Å². The first kappa shape index (κ1) is 19.6. The molecule has 2 atom stereocenters. The summed E-state index contributed by atoms with van der Waals surface area (Å²) >= 11 is 1.32. The van der Waals surface area contributed by atoms with Gasteiger partial charge in [0.05, 0.1) is 12.6 Å². The fourth-order valence-corrected chi connectivity index (χ4v) is 4.81. The van der Waals surface area contributed by atoms with E-state index in [-0.39, 0.29) is 11.9 Å². The van der Waals surface area contributed by atoms with Crippen LogP contribution in [0.5, 0.6) is 0 Å². The number of carbonyl (C=O) groups is 1. The van der Waals surface area contributed by atoms with E-state index in [2.05, 4.69) is 44.3 Å². The first-order chi connectivity index (χ1) is 14.0. The van der Waals surface area contributed by atoms with Crippen LogP contribution in [0, 0.1) is 17.2 Å². The molecule has 152 valence electrons. The van der Waals surface area contributed by atoms with Gasteiger partial charge in [-0.15, -0.1) is 0 Å². The number of nitrogens with two attached hydrogens (primary N) is 1. The van der Waals surface area contributed by atoms with Crippen LogP contribution < -0.4 is 15.5 Å². The van der Waals surface area contributed by atoms with Crippen LogP contribution in [0.25, 0.3) is 11.4 Å². The van der Waals surface area contributed by atoms with Gasteiger partial charge >= 0.3 is 0 Å². The van der Waals surface area contributed by atoms with Gasteiger partial charge in [0.15, 0.2) is 5.82 Å². The van der Waals surface area contributed by atoms with E-state index in [1.165, 1.54) is 17.2 Å². The van der Waals surface area contributed by atoms with Gasteiger partial charge in [-0.2, -0.15) is 14.6 Å². The average molecular weight is 412 g/mol. The highest BCUT2D eigenvalue weighted by Gasteiger charge is 2.35. The molecule has 4 rings (SSSR count). The number of benzene rings is 1. The number of nitrogens with zero attached hydrogens (tertiary/aromatic N) is 6. The van der Waals surface area contributed by atoms with E-state index in [4.69, 9.17) is 11.0 Å². The third-order valence-corrected chi connectivity index (χ3v) is 6.41. The second-order valence-electron chi connectivity index (χ2n) is 7.78. The number of carbonyl (C=O) groups excluding carboxylic acids is 1. The molecule has 0 saturated carbocycles. The van der Waals surface area contributed by atoms with Crippen LogP contribution in [0.15, 0.2) is 24.3 Å². The maximum absolute atomic E-state index is 11.8. The van der Waals surface area contributed by atoms with E-state index < -0.39 is 0 Å². The zero-order chi connectivity index (χ0) is 20.4. The van der Waals surface area contributed by atoms with Crippen molar-refractivity contribution in [2.24, 2.45) is 11.7 Å². The molecule has 0 radical (unpaired) electrons. The summed E-state index contributed by atoms with van der Waals surface area (Å²) < 4.78 is 4.51. The molecule has 0 bridgehead atoms. The molecule has 29 heavy (non-hydrogen) atoms. The highest BCUT2D eigenvalue weighted by molar-refractivity contribution is 7.09. The highest BCUT2D eigenvalue weighted by Crippen LogP contribution is 2.32. The zero-order valence-electron chi connectivity index (χ0n) is 16.5. The van der Waals surface area contributed by atoms with Crippen LogP contribution in [-0.2, 0) is 4.79 Å². The lowest BCUT2D eigenvalue weighted by Gasteiger charge is -2.34. The van der Waals surface area contributed by atoms with E-state index in [1.54, 1.807) is 0 Å². The van der Waals surface area contributed by atoms with Crippen molar-refractivity contribution < 1.29 is 4.79 Å². The molecule has 0 unspecified atom stereocenters. The fraction of sp³-hybridized carbons (Fsp3) is 0.500. The SMILES string of the molecule is C[C@H]1C[C@@H](C(N)=O)N(c2nc(-c3ccc(N4CCN(CC#N)CC4)cc3)ns2)C1. The standard InChI is InChI=1S/C20H25N7OS/c1-14-12-17(18(22)28)27(13-14)20-23-19(24-29-20)15-2-4-16(5-3-15)26-10-8-25(7-6-21)9-11-26/h2-5,14,17H,7-13H2,1H3,(H2,22,28)/t14-,17-/m0/s1. The van der Waals surface area contributed by atoms with Crippen LogP contribution >= 0.6 is 11.5 Å². The normalized spacial score (nSPS) is 22.6. The van der Waals surface area contributed by atoms with Gasteiger partial charge in [-0.05, 0) is 36.6 Å². The molecule has 2 N–H and O–H groups in total. The summed E-state index contributed by atoms with van der Waals surface area (Å²) in [5.74, 6) is 0.788. The van der Waals surface area contributed by atoms with Crippen LogP contribution in [0.3, 0.4) is 0 Å². The van der Waals surface area contributed by atoms with Gasteiger partial charge in [0.2, 0.25) is 11.0 Å². The number of rotatable bonds is 5. The van der Waals surface area contributed by atoms with Gasteiger partial charge in [0.25, 0.3) is 0 Å². The van der Waals surface area contributed by atoms with Crippen LogP contribution in [0.4, 0.5) is 10.8 Å². The Morgan fingerprint density at radius 1 is 1.28 bits per heavy atom. The molecule has 1 aromatic carbocycles. The predicted molar refractivity (Wildman–Crippen MR) is 114 cm³/mol. The minimum Gasteiger partial charge on any atom is -0.369 e. The van der Waals surface area contributed by atoms with Gasteiger partial charge in [-0.1, -0.05) is 6.92 Å². The molecule has 0 spiro atoms. The van der Waals surface area contributed by atoms with Gasteiger partial charge in [0.1, 0.15) is 6.04 Å². The molecule has 1 aromatic heterocycles. The van der Waals surface area contributed by atoms with Crippen molar-refractivity contribution >= 4 is 28.3 Å². The van der Waals surface area contributed by atoms with Crippen molar-refractivity contribution in [3.8, 4) is 17.5 Å². The molecular formula is C20H25N7OS. The number of aromatic nitrogens is 2. The molecule has 2 aromatic rings. The molecule has 3 heterocycles. The summed E-state index contributed by atoms with van der Waals surface area (Å²) in [6.45, 7) is 7.04. The van der Waals surface area contributed by atoms with Gasteiger partial charge in [-0.3, -0.25) is 9.69 Å². The number of piperazine rings is 1. The predicted octanol–water partition coefficient (Wildman–Crippen LogP) is 1.55. The second-order valence-corrected chi connectivity index (χ2v) is 8.51. The Labute approximate surface area is 174 Å². The van der Waals surface area contributed by atoms with Crippen LogP contribution in [0.1, 0.15) is 13.3 Å². The quantitative estimate of drug-likeness (QED) is 0.745. The smallest absolute Gasteiger partial charge is 0.240 e. The molecule has 2 fully saturated rings. The minimum atomic E-state index is -0.301. The van der Waals surface area contributed by atoms with E-state index in [9.17, 15) is 4.79 Å². The summed E-state index contributed by atoms with van der Waals surface area (Å²) in [5, 5.41) is 9.58. The summed E-state index contributed by atoms with van der Waals surface area (Å²) in [7, 11) is 0. The molecular weight excluding hydrogens is 386 g/mol. The Balaban J connectivity index is 1.44. The van der Waals surface area contributed by atoms with E-state index >= 15 is 0 Å². The minimum absolute atomic E-state index is 0.298. The van der Waals surface area contributed by atoms with Crippen molar-refractivity contribution in [2.75, 3.05) is 49.1 Å². The summed E-state index contributed by atoms with van der Waals surface area (Å²) in [6, 6.07) is 10.2. The van der Waals surface area contributed by atoms with Crippen molar-refractivity contribution in [1.29, 1.82) is 5.26 Å².